The highest BCUT2D eigenvalue weighted by atomic mass is 32.2. The monoisotopic (exact) mass is 416 g/mol. The summed E-state index contributed by atoms with van der Waals surface area (Å²) < 4.78 is 31.7. The van der Waals surface area contributed by atoms with Gasteiger partial charge in [-0.15, -0.1) is 0 Å². The van der Waals surface area contributed by atoms with Gasteiger partial charge in [-0.3, -0.25) is 9.10 Å². The average Bonchev–Trinajstić information content (AvgIpc) is 2.69. The number of benzene rings is 2. The quantitative estimate of drug-likeness (QED) is 0.786. The lowest BCUT2D eigenvalue weighted by molar-refractivity contribution is -0.127. The van der Waals surface area contributed by atoms with E-state index in [9.17, 15) is 13.2 Å². The number of sulfonamides is 1. The average molecular weight is 417 g/mol. The number of rotatable bonds is 6. The Morgan fingerprint density at radius 2 is 1.90 bits per heavy atom. The number of anilines is 1. The maximum absolute atomic E-state index is 12.8. The Balaban J connectivity index is 1.80. The summed E-state index contributed by atoms with van der Waals surface area (Å²) >= 11 is 0. The van der Waals surface area contributed by atoms with Crippen molar-refractivity contribution in [2.24, 2.45) is 0 Å². The number of aryl methyl sites for hydroxylation is 3. The molecule has 1 heterocycles. The van der Waals surface area contributed by atoms with E-state index in [1.807, 2.05) is 13.0 Å². The second-order valence-electron chi connectivity index (χ2n) is 7.40. The van der Waals surface area contributed by atoms with E-state index in [0.29, 0.717) is 18.0 Å². The van der Waals surface area contributed by atoms with Crippen LogP contribution in [0.15, 0.2) is 36.4 Å². The van der Waals surface area contributed by atoms with Gasteiger partial charge in [-0.1, -0.05) is 38.1 Å². The molecule has 0 fully saturated rings. The lowest BCUT2D eigenvalue weighted by atomic mass is 10.0. The molecule has 0 saturated carbocycles. The van der Waals surface area contributed by atoms with E-state index in [2.05, 4.69) is 37.4 Å². The third-order valence-electron chi connectivity index (χ3n) is 5.19. The van der Waals surface area contributed by atoms with Crippen molar-refractivity contribution in [1.82, 2.24) is 5.32 Å². The standard InChI is InChI=1S/C22H28N2O4S/c1-5-16-8-9-17(6-2)18(12-16)13-23-22(25)21-14-24(29(4,26)27)19-10-7-15(3)11-20(19)28-21/h7-12,21H,5-6,13-14H2,1-4H3,(H,23,25). The maximum atomic E-state index is 12.8. The highest BCUT2D eigenvalue weighted by Gasteiger charge is 2.35. The molecule has 3 rings (SSSR count). The second kappa shape index (κ2) is 8.45. The van der Waals surface area contributed by atoms with E-state index in [1.165, 1.54) is 15.4 Å². The molecule has 0 radical (unpaired) electrons. The zero-order valence-corrected chi connectivity index (χ0v) is 18.2. The van der Waals surface area contributed by atoms with Crippen LogP contribution in [0.1, 0.15) is 36.1 Å². The normalized spacial score (nSPS) is 16.1. The van der Waals surface area contributed by atoms with Gasteiger partial charge in [-0.25, -0.2) is 8.42 Å². The van der Waals surface area contributed by atoms with Crippen LogP contribution in [-0.2, 0) is 34.2 Å². The van der Waals surface area contributed by atoms with Gasteiger partial charge in [0.15, 0.2) is 6.10 Å². The Morgan fingerprint density at radius 3 is 2.55 bits per heavy atom. The smallest absolute Gasteiger partial charge is 0.263 e. The summed E-state index contributed by atoms with van der Waals surface area (Å²) in [5.74, 6) is 0.0822. The summed E-state index contributed by atoms with van der Waals surface area (Å²) in [7, 11) is -3.53. The van der Waals surface area contributed by atoms with Gasteiger partial charge in [0.05, 0.1) is 18.5 Å². The zero-order chi connectivity index (χ0) is 21.2. The molecule has 1 aliphatic heterocycles. The molecule has 0 aliphatic carbocycles. The number of fused-ring (bicyclic) bond motifs is 1. The van der Waals surface area contributed by atoms with Crippen molar-refractivity contribution in [3.05, 3.63) is 58.7 Å². The molecule has 1 aliphatic rings. The number of nitrogens with one attached hydrogen (secondary N) is 1. The van der Waals surface area contributed by atoms with Crippen molar-refractivity contribution in [2.75, 3.05) is 17.1 Å². The molecule has 0 bridgehead atoms. The first-order valence-electron chi connectivity index (χ1n) is 9.86. The zero-order valence-electron chi connectivity index (χ0n) is 17.4. The third kappa shape index (κ3) is 4.72. The van der Waals surface area contributed by atoms with Crippen LogP contribution < -0.4 is 14.4 Å². The first kappa shape index (κ1) is 21.2. The van der Waals surface area contributed by atoms with Crippen molar-refractivity contribution < 1.29 is 17.9 Å². The van der Waals surface area contributed by atoms with Gasteiger partial charge in [-0.05, 0) is 54.2 Å². The molecular formula is C22H28N2O4S. The highest BCUT2D eigenvalue weighted by Crippen LogP contribution is 2.35. The van der Waals surface area contributed by atoms with Crippen molar-refractivity contribution in [3.8, 4) is 5.75 Å². The van der Waals surface area contributed by atoms with Crippen molar-refractivity contribution in [3.63, 3.8) is 0 Å². The Morgan fingerprint density at radius 1 is 1.14 bits per heavy atom. The number of hydrogen-bond donors (Lipinski definition) is 1. The number of carbonyl (C=O) groups is 1. The molecular weight excluding hydrogens is 388 g/mol. The van der Waals surface area contributed by atoms with Crippen molar-refractivity contribution in [1.29, 1.82) is 0 Å². The minimum absolute atomic E-state index is 0.0453. The van der Waals surface area contributed by atoms with E-state index in [0.717, 1.165) is 30.2 Å². The highest BCUT2D eigenvalue weighted by molar-refractivity contribution is 7.92. The molecule has 0 aromatic heterocycles. The fraction of sp³-hybridized carbons (Fsp3) is 0.409. The Kier molecular flexibility index (Phi) is 6.17. The van der Waals surface area contributed by atoms with Crippen molar-refractivity contribution in [2.45, 2.75) is 46.3 Å². The van der Waals surface area contributed by atoms with Crippen LogP contribution in [0.25, 0.3) is 0 Å². The number of hydrogen-bond acceptors (Lipinski definition) is 4. The molecule has 1 amide bonds. The number of amides is 1. The van der Waals surface area contributed by atoms with Gasteiger partial charge in [0.25, 0.3) is 5.91 Å². The molecule has 29 heavy (non-hydrogen) atoms. The molecule has 7 heteroatoms. The van der Waals surface area contributed by atoms with Crippen LogP contribution in [0.2, 0.25) is 0 Å². The molecule has 1 unspecified atom stereocenters. The predicted octanol–water partition coefficient (Wildman–Crippen LogP) is 2.96. The third-order valence-corrected chi connectivity index (χ3v) is 6.34. The number of ether oxygens (including phenoxy) is 1. The van der Waals surface area contributed by atoms with Gasteiger partial charge in [0.2, 0.25) is 10.0 Å². The second-order valence-corrected chi connectivity index (χ2v) is 9.31. The van der Waals surface area contributed by atoms with Crippen LogP contribution in [0.5, 0.6) is 5.75 Å². The van der Waals surface area contributed by atoms with Gasteiger partial charge >= 0.3 is 0 Å². The summed E-state index contributed by atoms with van der Waals surface area (Å²) in [6.45, 7) is 6.41. The fourth-order valence-electron chi connectivity index (χ4n) is 3.52. The lowest BCUT2D eigenvalue weighted by Gasteiger charge is -2.34. The molecule has 1 N–H and O–H groups in total. The minimum Gasteiger partial charge on any atom is -0.476 e. The molecule has 2 aromatic rings. The summed E-state index contributed by atoms with van der Waals surface area (Å²) in [5.41, 5.74) is 4.87. The van der Waals surface area contributed by atoms with E-state index in [1.54, 1.807) is 12.1 Å². The molecule has 0 saturated heterocycles. The van der Waals surface area contributed by atoms with Gasteiger partial charge in [0.1, 0.15) is 5.75 Å². The summed E-state index contributed by atoms with van der Waals surface area (Å²) in [4.78, 5) is 12.8. The number of nitrogens with zero attached hydrogens (tertiary/aromatic N) is 1. The molecule has 1 atom stereocenters. The molecule has 2 aromatic carbocycles. The van der Waals surface area contributed by atoms with E-state index >= 15 is 0 Å². The largest absolute Gasteiger partial charge is 0.476 e. The lowest BCUT2D eigenvalue weighted by Crippen LogP contribution is -2.50. The van der Waals surface area contributed by atoms with Gasteiger partial charge in [0, 0.05) is 6.54 Å². The summed E-state index contributed by atoms with van der Waals surface area (Å²) in [6, 6.07) is 11.6. The van der Waals surface area contributed by atoms with E-state index in [4.69, 9.17) is 4.74 Å². The molecule has 156 valence electrons. The Bertz CT molecular complexity index is 1020. The van der Waals surface area contributed by atoms with Crippen molar-refractivity contribution >= 4 is 21.6 Å². The summed E-state index contributed by atoms with van der Waals surface area (Å²) in [5, 5.41) is 2.93. The molecule has 0 spiro atoms. The predicted molar refractivity (Wildman–Crippen MR) is 115 cm³/mol. The summed E-state index contributed by atoms with van der Waals surface area (Å²) in [6.07, 6.45) is 2.04. The Hall–Kier alpha value is -2.54. The van der Waals surface area contributed by atoms with Crippen LogP contribution in [0.4, 0.5) is 5.69 Å². The minimum atomic E-state index is -3.53. The van der Waals surface area contributed by atoms with Crippen LogP contribution >= 0.6 is 0 Å². The van der Waals surface area contributed by atoms with E-state index in [-0.39, 0.29) is 12.5 Å². The Labute approximate surface area is 172 Å². The van der Waals surface area contributed by atoms with Gasteiger partial charge in [-0.2, -0.15) is 0 Å². The SMILES string of the molecule is CCc1ccc(CC)c(CNC(=O)C2CN(S(C)(=O)=O)c3ccc(C)cc3O2)c1. The van der Waals surface area contributed by atoms with Gasteiger partial charge < -0.3 is 10.1 Å². The molecule has 6 nitrogen and oxygen atoms in total. The first-order valence-corrected chi connectivity index (χ1v) is 11.7. The first-order chi connectivity index (χ1) is 13.7. The van der Waals surface area contributed by atoms with Crippen LogP contribution in [-0.4, -0.2) is 33.2 Å². The van der Waals surface area contributed by atoms with Crippen LogP contribution in [0, 0.1) is 6.92 Å². The van der Waals surface area contributed by atoms with Crippen LogP contribution in [0.3, 0.4) is 0 Å². The van der Waals surface area contributed by atoms with E-state index < -0.39 is 16.1 Å². The maximum Gasteiger partial charge on any atom is 0.263 e. The number of carbonyl (C=O) groups excluding carboxylic acids is 1. The fourth-order valence-corrected chi connectivity index (χ4v) is 4.43. The topological polar surface area (TPSA) is 75.7 Å².